The van der Waals surface area contributed by atoms with Gasteiger partial charge in [0.25, 0.3) is 5.91 Å². The van der Waals surface area contributed by atoms with Crippen LogP contribution in [0.4, 0.5) is 0 Å². The minimum absolute atomic E-state index is 0.180. The van der Waals surface area contributed by atoms with Crippen molar-refractivity contribution in [3.8, 4) is 11.5 Å². The number of hydrogen-bond acceptors (Lipinski definition) is 6. The van der Waals surface area contributed by atoms with Gasteiger partial charge in [-0.3, -0.25) is 4.79 Å². The number of rotatable bonds is 9. The molecule has 1 atom stereocenters. The van der Waals surface area contributed by atoms with E-state index in [1.54, 1.807) is 19.2 Å². The van der Waals surface area contributed by atoms with Crippen LogP contribution in [0.1, 0.15) is 17.2 Å². The number of amides is 1. The molecule has 8 nitrogen and oxygen atoms in total. The van der Waals surface area contributed by atoms with Crippen molar-refractivity contribution in [2.24, 2.45) is 0 Å². The Balaban J connectivity index is 1.40. The highest BCUT2D eigenvalue weighted by atomic mass is 32.2. The summed E-state index contributed by atoms with van der Waals surface area (Å²) in [5.74, 6) is 0.829. The molecule has 9 heteroatoms. The van der Waals surface area contributed by atoms with Crippen molar-refractivity contribution in [2.75, 3.05) is 40.0 Å². The fourth-order valence-electron chi connectivity index (χ4n) is 3.80. The van der Waals surface area contributed by atoms with Crippen LogP contribution in [-0.4, -0.2) is 58.7 Å². The zero-order valence-electron chi connectivity index (χ0n) is 19.4. The summed E-state index contributed by atoms with van der Waals surface area (Å²) in [6.07, 6.45) is 0. The minimum atomic E-state index is -3.58. The van der Waals surface area contributed by atoms with Crippen molar-refractivity contribution in [1.82, 2.24) is 9.62 Å². The molecule has 0 aromatic heterocycles. The largest absolute Gasteiger partial charge is 0.497 e. The molecule has 1 aliphatic heterocycles. The van der Waals surface area contributed by atoms with Crippen LogP contribution in [0.3, 0.4) is 0 Å². The number of nitrogens with zero attached hydrogens (tertiary/aromatic N) is 1. The number of nitrogens with one attached hydrogen (secondary N) is 1. The molecule has 0 spiro atoms. The number of morpholine rings is 1. The standard InChI is InChI=1S/C26H28N2O6S/c1-32-22-9-7-21(8-10-22)26(20-5-3-2-4-6-20)27-25(29)19-34-23-11-13-24(14-12-23)35(30,31)28-15-17-33-18-16-28/h2-14,26H,15-19H2,1H3,(H,27,29)/t26-/m0/s1. The third-order valence-corrected chi connectivity index (χ3v) is 7.60. The first-order valence-corrected chi connectivity index (χ1v) is 12.7. The number of hydrogen-bond donors (Lipinski definition) is 1. The highest BCUT2D eigenvalue weighted by Gasteiger charge is 2.26. The van der Waals surface area contributed by atoms with Gasteiger partial charge in [0.1, 0.15) is 11.5 Å². The molecule has 0 bridgehead atoms. The van der Waals surface area contributed by atoms with Crippen LogP contribution in [-0.2, 0) is 19.6 Å². The van der Waals surface area contributed by atoms with Gasteiger partial charge in [-0.05, 0) is 47.5 Å². The SMILES string of the molecule is COc1ccc([C@@H](NC(=O)COc2ccc(S(=O)(=O)N3CCOCC3)cc2)c2ccccc2)cc1. The molecule has 4 rings (SSSR count). The van der Waals surface area contributed by atoms with Gasteiger partial charge in [-0.25, -0.2) is 8.42 Å². The van der Waals surface area contributed by atoms with Crippen LogP contribution < -0.4 is 14.8 Å². The Bertz CT molecular complexity index is 1210. The lowest BCUT2D eigenvalue weighted by Gasteiger charge is -2.26. The highest BCUT2D eigenvalue weighted by Crippen LogP contribution is 2.24. The Hall–Kier alpha value is -3.40. The van der Waals surface area contributed by atoms with Gasteiger partial charge in [0.05, 0.1) is 31.3 Å². The fourth-order valence-corrected chi connectivity index (χ4v) is 5.20. The number of sulfonamides is 1. The molecular formula is C26H28N2O6S. The van der Waals surface area contributed by atoms with Crippen LogP contribution in [0.5, 0.6) is 11.5 Å². The quantitative estimate of drug-likeness (QED) is 0.490. The molecule has 0 saturated carbocycles. The molecule has 35 heavy (non-hydrogen) atoms. The summed E-state index contributed by atoms with van der Waals surface area (Å²) in [5, 5.41) is 3.02. The Morgan fingerprint density at radius 2 is 1.51 bits per heavy atom. The molecule has 3 aromatic rings. The van der Waals surface area contributed by atoms with Crippen LogP contribution in [0.2, 0.25) is 0 Å². The lowest BCUT2D eigenvalue weighted by molar-refractivity contribution is -0.123. The Morgan fingerprint density at radius 3 is 2.14 bits per heavy atom. The van der Waals surface area contributed by atoms with E-state index in [0.29, 0.717) is 32.1 Å². The molecule has 1 amide bonds. The van der Waals surface area contributed by atoms with Crippen molar-refractivity contribution in [3.63, 3.8) is 0 Å². The second-order valence-electron chi connectivity index (χ2n) is 7.96. The lowest BCUT2D eigenvalue weighted by Crippen LogP contribution is -2.40. The summed E-state index contributed by atoms with van der Waals surface area (Å²) in [5.41, 5.74) is 1.84. The first-order chi connectivity index (χ1) is 17.0. The maximum absolute atomic E-state index is 12.8. The van der Waals surface area contributed by atoms with Crippen LogP contribution >= 0.6 is 0 Å². The van der Waals surface area contributed by atoms with Crippen LogP contribution in [0, 0.1) is 0 Å². The molecule has 1 N–H and O–H groups in total. The van der Waals surface area contributed by atoms with Gasteiger partial charge >= 0.3 is 0 Å². The number of benzene rings is 3. The maximum Gasteiger partial charge on any atom is 0.258 e. The van der Waals surface area contributed by atoms with Crippen molar-refractivity contribution < 1.29 is 27.4 Å². The van der Waals surface area contributed by atoms with E-state index in [-0.39, 0.29) is 23.5 Å². The van der Waals surface area contributed by atoms with E-state index in [4.69, 9.17) is 14.2 Å². The van der Waals surface area contributed by atoms with E-state index in [1.165, 1.54) is 16.4 Å². The average molecular weight is 497 g/mol. The zero-order chi connectivity index (χ0) is 24.7. The van der Waals surface area contributed by atoms with Gasteiger partial charge in [-0.1, -0.05) is 42.5 Å². The smallest absolute Gasteiger partial charge is 0.258 e. The third kappa shape index (κ3) is 6.19. The Kier molecular flexibility index (Phi) is 8.02. The van der Waals surface area contributed by atoms with Gasteiger partial charge in [-0.2, -0.15) is 4.31 Å². The molecule has 1 heterocycles. The topological polar surface area (TPSA) is 94.2 Å². The second kappa shape index (κ2) is 11.4. The summed E-state index contributed by atoms with van der Waals surface area (Å²) < 4.78 is 43.0. The fraction of sp³-hybridized carbons (Fsp3) is 0.269. The van der Waals surface area contributed by atoms with Crippen LogP contribution in [0.15, 0.2) is 83.8 Å². The molecular weight excluding hydrogens is 468 g/mol. The highest BCUT2D eigenvalue weighted by molar-refractivity contribution is 7.89. The summed E-state index contributed by atoms with van der Waals surface area (Å²) in [6.45, 7) is 1.22. The Morgan fingerprint density at radius 1 is 0.914 bits per heavy atom. The first kappa shape index (κ1) is 24.7. The van der Waals surface area contributed by atoms with Crippen molar-refractivity contribution in [3.05, 3.63) is 90.0 Å². The van der Waals surface area contributed by atoms with Crippen molar-refractivity contribution in [2.45, 2.75) is 10.9 Å². The van der Waals surface area contributed by atoms with E-state index in [0.717, 1.165) is 16.9 Å². The summed E-state index contributed by atoms with van der Waals surface area (Å²) in [6, 6.07) is 22.9. The van der Waals surface area contributed by atoms with E-state index in [1.807, 2.05) is 54.6 Å². The molecule has 0 radical (unpaired) electrons. The monoisotopic (exact) mass is 496 g/mol. The third-order valence-electron chi connectivity index (χ3n) is 5.69. The van der Waals surface area contributed by atoms with E-state index < -0.39 is 10.0 Å². The maximum atomic E-state index is 12.8. The van der Waals surface area contributed by atoms with E-state index >= 15 is 0 Å². The van der Waals surface area contributed by atoms with Gasteiger partial charge < -0.3 is 19.5 Å². The van der Waals surface area contributed by atoms with Crippen molar-refractivity contribution in [1.29, 1.82) is 0 Å². The lowest BCUT2D eigenvalue weighted by atomic mass is 9.98. The minimum Gasteiger partial charge on any atom is -0.497 e. The molecule has 1 aliphatic rings. The number of methoxy groups -OCH3 is 1. The molecule has 1 saturated heterocycles. The number of carbonyl (C=O) groups is 1. The average Bonchev–Trinajstić information content (AvgIpc) is 2.92. The first-order valence-electron chi connectivity index (χ1n) is 11.3. The predicted molar refractivity (Wildman–Crippen MR) is 131 cm³/mol. The molecule has 0 aliphatic carbocycles. The van der Waals surface area contributed by atoms with E-state index in [9.17, 15) is 13.2 Å². The molecule has 0 unspecified atom stereocenters. The number of ether oxygens (including phenoxy) is 3. The van der Waals surface area contributed by atoms with Gasteiger partial charge in [0, 0.05) is 13.1 Å². The second-order valence-corrected chi connectivity index (χ2v) is 9.90. The van der Waals surface area contributed by atoms with Crippen LogP contribution in [0.25, 0.3) is 0 Å². The summed E-state index contributed by atoms with van der Waals surface area (Å²) in [4.78, 5) is 12.9. The molecule has 184 valence electrons. The predicted octanol–water partition coefficient (Wildman–Crippen LogP) is 3.00. The zero-order valence-corrected chi connectivity index (χ0v) is 20.2. The van der Waals surface area contributed by atoms with E-state index in [2.05, 4.69) is 5.32 Å². The van der Waals surface area contributed by atoms with Gasteiger partial charge in [-0.15, -0.1) is 0 Å². The normalized spacial score (nSPS) is 15.2. The van der Waals surface area contributed by atoms with Crippen molar-refractivity contribution >= 4 is 15.9 Å². The Labute approximate surface area is 205 Å². The molecule has 3 aromatic carbocycles. The van der Waals surface area contributed by atoms with Gasteiger partial charge in [0.15, 0.2) is 6.61 Å². The molecule has 1 fully saturated rings. The number of carbonyl (C=O) groups excluding carboxylic acids is 1. The van der Waals surface area contributed by atoms with Gasteiger partial charge in [0.2, 0.25) is 10.0 Å². The summed E-state index contributed by atoms with van der Waals surface area (Å²) in [7, 11) is -1.98. The summed E-state index contributed by atoms with van der Waals surface area (Å²) >= 11 is 0.